The van der Waals surface area contributed by atoms with E-state index in [4.69, 9.17) is 66.8 Å². The summed E-state index contributed by atoms with van der Waals surface area (Å²) < 4.78 is 41.8. The van der Waals surface area contributed by atoms with Gasteiger partial charge in [-0.15, -0.1) is 0 Å². The molecule has 0 unspecified atom stereocenters. The topological polar surface area (TPSA) is 261 Å². The quantitative estimate of drug-likeness (QED) is 0.0761. The number of benzene rings is 6. The second-order valence-corrected chi connectivity index (χ2v) is 18.6. The van der Waals surface area contributed by atoms with Crippen molar-refractivity contribution in [2.75, 3.05) is 63.8 Å². The van der Waals surface area contributed by atoms with E-state index >= 15 is 0 Å². The fourth-order valence-corrected chi connectivity index (χ4v) is 8.32. The average Bonchev–Trinajstić information content (AvgIpc) is 3.41. The number of anilines is 3. The predicted octanol–water partition coefficient (Wildman–Crippen LogP) is 9.12. The molecule has 77 heavy (non-hydrogen) atoms. The summed E-state index contributed by atoms with van der Waals surface area (Å²) in [4.78, 5) is 71.2. The zero-order valence-electron chi connectivity index (χ0n) is 42.4. The lowest BCUT2D eigenvalue weighted by Gasteiger charge is -2.31. The third-order valence-electron chi connectivity index (χ3n) is 12.2. The van der Waals surface area contributed by atoms with Gasteiger partial charge in [0.1, 0.15) is 35.4 Å². The van der Waals surface area contributed by atoms with Crippen LogP contribution in [0.5, 0.6) is 46.0 Å². The lowest BCUT2D eigenvalue weighted by molar-refractivity contribution is -0.386. The van der Waals surface area contributed by atoms with E-state index in [9.17, 15) is 39.4 Å². The van der Waals surface area contributed by atoms with E-state index in [1.54, 1.807) is 62.3 Å². The molecule has 0 spiro atoms. The maximum absolute atomic E-state index is 12.2. The zero-order chi connectivity index (χ0) is 55.7. The number of hydrogen-bond donors (Lipinski definition) is 1. The van der Waals surface area contributed by atoms with Gasteiger partial charge in [-0.05, 0) is 73.5 Å². The fraction of sp³-hybridized carbons (Fsp3) is 0.259. The maximum Gasteiger partial charge on any atom is 0.314 e. The molecular formula is C54H51Cl2N5O16. The number of methoxy groups -OCH3 is 4. The van der Waals surface area contributed by atoms with Crippen molar-refractivity contribution in [3.05, 3.63) is 156 Å². The molecule has 0 aliphatic carbocycles. The van der Waals surface area contributed by atoms with Crippen LogP contribution >= 0.6 is 23.2 Å². The molecular weight excluding hydrogens is 1050 g/mol. The Balaban J connectivity index is 0.000000152. The van der Waals surface area contributed by atoms with E-state index in [-0.39, 0.29) is 78.2 Å². The van der Waals surface area contributed by atoms with Crippen LogP contribution in [0.1, 0.15) is 36.1 Å². The first kappa shape index (κ1) is 55.9. The summed E-state index contributed by atoms with van der Waals surface area (Å²) in [7, 11) is 5.83. The summed E-state index contributed by atoms with van der Waals surface area (Å²) in [5.41, 5.74) is 9.74. The van der Waals surface area contributed by atoms with Gasteiger partial charge in [0, 0.05) is 52.2 Å². The molecule has 6 aromatic rings. The predicted molar refractivity (Wildman–Crippen MR) is 284 cm³/mol. The molecule has 21 nitrogen and oxygen atoms in total. The number of hydrogen-bond acceptors (Lipinski definition) is 17. The molecule has 0 saturated heterocycles. The Kier molecular flexibility index (Phi) is 17.6. The molecule has 23 heteroatoms. The number of nitrogens with zero attached hydrogens (tertiary/aromatic N) is 4. The van der Waals surface area contributed by atoms with Crippen LogP contribution in [0.3, 0.4) is 0 Å². The smallest absolute Gasteiger partial charge is 0.314 e. The van der Waals surface area contributed by atoms with E-state index in [0.29, 0.717) is 69.4 Å². The van der Waals surface area contributed by atoms with E-state index in [0.717, 1.165) is 28.2 Å². The number of halogens is 2. The van der Waals surface area contributed by atoms with Gasteiger partial charge >= 0.3 is 11.4 Å². The zero-order valence-corrected chi connectivity index (χ0v) is 43.9. The van der Waals surface area contributed by atoms with E-state index in [1.165, 1.54) is 50.5 Å². The minimum Gasteiger partial charge on any atom is -0.497 e. The molecule has 10 rings (SSSR count). The van der Waals surface area contributed by atoms with Crippen molar-refractivity contribution in [1.82, 2.24) is 0 Å². The minimum atomic E-state index is -0.707. The van der Waals surface area contributed by atoms with Crippen molar-refractivity contribution in [3.63, 3.8) is 0 Å². The van der Waals surface area contributed by atoms with Crippen LogP contribution in [0.25, 0.3) is 0 Å². The van der Waals surface area contributed by atoms with Crippen LogP contribution in [0.4, 0.5) is 28.4 Å². The highest BCUT2D eigenvalue weighted by molar-refractivity contribution is 6.30. The van der Waals surface area contributed by atoms with Gasteiger partial charge in [-0.25, -0.2) is 0 Å². The molecule has 6 aromatic carbocycles. The number of nitro benzene ring substituents is 2. The molecule has 2 N–H and O–H groups in total. The van der Waals surface area contributed by atoms with Crippen molar-refractivity contribution in [2.45, 2.75) is 45.4 Å². The van der Waals surface area contributed by atoms with Crippen molar-refractivity contribution in [1.29, 1.82) is 0 Å². The number of fused-ring (bicyclic) bond motifs is 4. The fourth-order valence-electron chi connectivity index (χ4n) is 8.06. The Morgan fingerprint density at radius 3 is 1.55 bits per heavy atom. The molecule has 0 atom stereocenters. The van der Waals surface area contributed by atoms with Crippen LogP contribution in [-0.4, -0.2) is 87.1 Å². The highest BCUT2D eigenvalue weighted by Gasteiger charge is 2.36. The summed E-state index contributed by atoms with van der Waals surface area (Å²) in [6.45, 7) is 4.10. The number of nitrogen functional groups attached to an aromatic ring is 1. The average molecular weight is 1100 g/mol. The first-order valence-corrected chi connectivity index (χ1v) is 24.1. The Morgan fingerprint density at radius 1 is 0.571 bits per heavy atom. The van der Waals surface area contributed by atoms with Gasteiger partial charge < -0.3 is 53.4 Å². The third-order valence-corrected chi connectivity index (χ3v) is 12.7. The summed E-state index contributed by atoms with van der Waals surface area (Å²) in [5, 5.41) is 23.1. The van der Waals surface area contributed by atoms with Crippen molar-refractivity contribution in [3.8, 4) is 46.0 Å². The lowest BCUT2D eigenvalue weighted by atomic mass is 9.93. The molecule has 2 amide bonds. The Hall–Kier alpha value is -8.82. The molecule has 402 valence electrons. The third kappa shape index (κ3) is 13.4. The van der Waals surface area contributed by atoms with Crippen LogP contribution in [-0.2, 0) is 45.1 Å². The summed E-state index contributed by atoms with van der Waals surface area (Å²) in [5.74, 6) is 3.17. The van der Waals surface area contributed by atoms with Crippen molar-refractivity contribution >= 4 is 75.0 Å². The molecule has 4 heterocycles. The largest absolute Gasteiger partial charge is 0.497 e. The monoisotopic (exact) mass is 1100 g/mol. The second-order valence-electron chi connectivity index (χ2n) is 17.7. The van der Waals surface area contributed by atoms with E-state index in [2.05, 4.69) is 0 Å². The Morgan fingerprint density at radius 2 is 1.04 bits per heavy atom. The van der Waals surface area contributed by atoms with E-state index < -0.39 is 15.4 Å². The number of nitro groups is 2. The number of Topliss-reactive ketones (excluding diaryl/α,β-unsaturated/α-hetero) is 2. The van der Waals surface area contributed by atoms with Crippen LogP contribution in [0, 0.1) is 20.2 Å². The molecule has 0 aromatic heterocycles. The highest BCUT2D eigenvalue weighted by Crippen LogP contribution is 2.43. The normalized spacial score (nSPS) is 14.4. The highest BCUT2D eigenvalue weighted by atomic mass is 35.5. The summed E-state index contributed by atoms with van der Waals surface area (Å²) in [6, 6.07) is 28.9. The van der Waals surface area contributed by atoms with Gasteiger partial charge in [0.15, 0.2) is 47.6 Å². The second kappa shape index (κ2) is 24.2. The van der Waals surface area contributed by atoms with E-state index in [1.807, 2.05) is 42.5 Å². The number of carbonyl (C=O) groups excluding carboxylic acids is 4. The Bertz CT molecular complexity index is 3250. The molecule has 0 radical (unpaired) electrons. The number of amides is 2. The van der Waals surface area contributed by atoms with Gasteiger partial charge in [0.2, 0.25) is 0 Å². The number of ether oxygens (including phenoxy) is 8. The van der Waals surface area contributed by atoms with Crippen molar-refractivity contribution < 1.29 is 66.9 Å². The summed E-state index contributed by atoms with van der Waals surface area (Å²) >= 11 is 11.8. The van der Waals surface area contributed by atoms with Gasteiger partial charge in [0.05, 0.1) is 80.6 Å². The number of nitrogens with two attached hydrogens (primary N) is 1. The molecule has 0 saturated carbocycles. The first-order valence-electron chi connectivity index (χ1n) is 23.3. The maximum atomic E-state index is 12.2. The van der Waals surface area contributed by atoms with Gasteiger partial charge in [-0.3, -0.25) is 39.4 Å². The van der Waals surface area contributed by atoms with Crippen LogP contribution < -0.4 is 53.4 Å². The Labute approximate surface area is 451 Å². The number of rotatable bonds is 10. The minimum absolute atomic E-state index is 0.00758. The van der Waals surface area contributed by atoms with Gasteiger partial charge in [-0.2, -0.15) is 0 Å². The van der Waals surface area contributed by atoms with Crippen molar-refractivity contribution in [2.24, 2.45) is 0 Å². The molecule has 4 aliphatic heterocycles. The van der Waals surface area contributed by atoms with Crippen LogP contribution in [0.15, 0.2) is 103 Å². The van der Waals surface area contributed by atoms with Gasteiger partial charge in [0.25, 0.3) is 11.8 Å². The molecule has 0 fully saturated rings. The molecule has 0 bridgehead atoms. The standard InChI is InChI=1S/C16H13ClN2O5.C16H15ClN2O3.C12H14O3.C10H9NO5/c1-23-14-6-12-15(7-13(14)19(21)22)24-9-16(20)18(12)8-10-2-4-11(17)5-3-10;1-21-14-7-13-15(6-12(14)18)22-9-16(20)19(13)8-10-2-4-11(17)5-3-10;1-12(2)11(13)7-8-6-9(14-3)4-5-10(8)15-12;1-15-10-3-6-2-7(12)5-16-9(6)4-8(10)11(13)14/h2-7H,8-9H2,1H3;2-7H,8-9,18H2,1H3;4-6H,7H2,1-3H3;3-4H,2,5H2,1H3. The number of ketones is 2. The van der Waals surface area contributed by atoms with Gasteiger partial charge in [-0.1, -0.05) is 47.5 Å². The molecule has 4 aliphatic rings. The summed E-state index contributed by atoms with van der Waals surface area (Å²) in [6.07, 6.45) is 0.642. The number of carbonyl (C=O) groups is 4. The first-order chi connectivity index (χ1) is 36.7. The SMILES string of the molecule is COc1cc2c(cc1N)OCC(=O)N2Cc1ccc(Cl)cc1.COc1cc2c(cc1[N+](=O)[O-])OCC(=O)C2.COc1cc2c(cc1[N+](=O)[O-])OCC(=O)N2Cc1ccc(Cl)cc1.COc1ccc2c(c1)CC(=O)C(C)(C)O2. The van der Waals surface area contributed by atoms with Crippen LogP contribution in [0.2, 0.25) is 10.0 Å². The lowest BCUT2D eigenvalue weighted by Crippen LogP contribution is -2.42.